The molecular formula is C74H69BN2O2. The van der Waals surface area contributed by atoms with Gasteiger partial charge in [0.25, 0.3) is 6.71 Å². The van der Waals surface area contributed by atoms with Gasteiger partial charge in [0.15, 0.2) is 0 Å². The van der Waals surface area contributed by atoms with Crippen molar-refractivity contribution in [3.05, 3.63) is 198 Å². The smallest absolute Gasteiger partial charge is 0.252 e. The largest absolute Gasteiger partial charge is 0.455 e. The van der Waals surface area contributed by atoms with Crippen LogP contribution in [-0.2, 0) is 27.1 Å². The highest BCUT2D eigenvalue weighted by Crippen LogP contribution is 2.54. The minimum absolute atomic E-state index is 0.0104. The normalized spacial score (nSPS) is 17.4. The van der Waals surface area contributed by atoms with E-state index in [0.29, 0.717) is 0 Å². The molecule has 79 heavy (non-hydrogen) atoms. The summed E-state index contributed by atoms with van der Waals surface area (Å²) < 4.78 is 13.3. The van der Waals surface area contributed by atoms with E-state index in [1.54, 1.807) is 0 Å². The number of hydrogen-bond acceptors (Lipinski definition) is 4. The van der Waals surface area contributed by atoms with Crippen molar-refractivity contribution in [3.63, 3.8) is 0 Å². The molecule has 0 saturated heterocycles. The Morgan fingerprint density at radius 2 is 0.759 bits per heavy atom. The molecule has 4 heterocycles. The first-order valence-corrected chi connectivity index (χ1v) is 28.9. The third-order valence-electron chi connectivity index (χ3n) is 19.6. The number of para-hydroxylation sites is 4. The fourth-order valence-electron chi connectivity index (χ4n) is 14.6. The van der Waals surface area contributed by atoms with Gasteiger partial charge in [0, 0.05) is 66.8 Å². The standard InChI is InChI=1S/C74H69BN2O2/c1-70(2,3)46-38-63-67-64(39-46)77(48-32-28-45(29-33-48)50-21-17-23-54-52-19-13-15-25-66(52)79-69(50)54)62-43-58-56(72(6,7)35-37-74(58,10)11)41-60(62)75(67)59-40-55-57(73(8,9)36-34-71(55,4)5)42-61(59)76(63)47-30-26-44(27-31-47)49-20-16-22-53-51-18-12-14-24-65(51)78-68(49)53/h12-33,38-43H,34-37H2,1-11H3. The molecule has 0 radical (unpaired) electrons. The molecule has 0 atom stereocenters. The molecule has 11 aromatic rings. The van der Waals surface area contributed by atoms with Crippen LogP contribution >= 0.6 is 0 Å². The van der Waals surface area contributed by atoms with Crippen molar-refractivity contribution in [3.8, 4) is 22.3 Å². The molecule has 0 spiro atoms. The Labute approximate surface area is 466 Å². The van der Waals surface area contributed by atoms with Crippen molar-refractivity contribution in [1.82, 2.24) is 0 Å². The van der Waals surface area contributed by atoms with Gasteiger partial charge in [-0.1, -0.05) is 185 Å². The lowest BCUT2D eigenvalue weighted by Crippen LogP contribution is -2.62. The van der Waals surface area contributed by atoms with Crippen LogP contribution in [0.25, 0.3) is 66.1 Å². The molecule has 0 bridgehead atoms. The SMILES string of the molecule is CC(C)(C)c1cc2c3c(c1)N(c1ccc(-c4cccc5c4oc4ccccc45)cc1)c1cc4c(cc1B3c1cc3c(cc1N2c1ccc(-c2cccc5c2oc2ccccc25)cc1)C(C)(C)CCC3(C)C)C(C)(C)CCC4(C)C. The zero-order chi connectivity index (χ0) is 54.3. The van der Waals surface area contributed by atoms with Crippen LogP contribution in [0.3, 0.4) is 0 Å². The second kappa shape index (κ2) is 16.4. The molecule has 2 aromatic heterocycles. The van der Waals surface area contributed by atoms with Crippen molar-refractivity contribution in [2.45, 2.75) is 129 Å². The Hall–Kier alpha value is -7.76. The number of furan rings is 2. The van der Waals surface area contributed by atoms with E-state index < -0.39 is 0 Å². The molecule has 0 unspecified atom stereocenters. The predicted molar refractivity (Wildman–Crippen MR) is 335 cm³/mol. The molecule has 2 aliphatic carbocycles. The van der Waals surface area contributed by atoms with Crippen LogP contribution in [0.4, 0.5) is 34.1 Å². The molecule has 15 rings (SSSR count). The monoisotopic (exact) mass is 1030 g/mol. The van der Waals surface area contributed by atoms with Gasteiger partial charge in [-0.25, -0.2) is 0 Å². The van der Waals surface area contributed by atoms with E-state index in [1.807, 2.05) is 0 Å². The van der Waals surface area contributed by atoms with E-state index in [0.717, 1.165) is 103 Å². The second-order valence-corrected chi connectivity index (χ2v) is 27.4. The Balaban J connectivity index is 0.997. The summed E-state index contributed by atoms with van der Waals surface area (Å²) in [5.41, 5.74) is 26.8. The van der Waals surface area contributed by atoms with Crippen LogP contribution in [0.5, 0.6) is 0 Å². The van der Waals surface area contributed by atoms with Crippen molar-refractivity contribution < 1.29 is 8.83 Å². The second-order valence-electron chi connectivity index (χ2n) is 27.4. The quantitative estimate of drug-likeness (QED) is 0.165. The van der Waals surface area contributed by atoms with Crippen LogP contribution in [0.2, 0.25) is 0 Å². The summed E-state index contributed by atoms with van der Waals surface area (Å²) >= 11 is 0. The third kappa shape index (κ3) is 7.13. The van der Waals surface area contributed by atoms with Crippen molar-refractivity contribution >= 4 is 101 Å². The molecule has 4 nitrogen and oxygen atoms in total. The van der Waals surface area contributed by atoms with Gasteiger partial charge in [-0.05, 0) is 169 Å². The fraction of sp³-hybridized carbons (Fsp3) is 0.270. The summed E-state index contributed by atoms with van der Waals surface area (Å²) in [6, 6.07) is 64.4. The minimum Gasteiger partial charge on any atom is -0.455 e. The zero-order valence-corrected chi connectivity index (χ0v) is 47.8. The van der Waals surface area contributed by atoms with Crippen LogP contribution in [0.1, 0.15) is 130 Å². The van der Waals surface area contributed by atoms with Crippen molar-refractivity contribution in [2.75, 3.05) is 9.80 Å². The molecule has 0 amide bonds. The fourth-order valence-corrected chi connectivity index (χ4v) is 14.6. The molecule has 4 aliphatic rings. The Kier molecular flexibility index (Phi) is 10.1. The number of fused-ring (bicyclic) bond motifs is 12. The maximum absolute atomic E-state index is 6.63. The molecular weight excluding hydrogens is 960 g/mol. The lowest BCUT2D eigenvalue weighted by atomic mass is 9.32. The first-order chi connectivity index (χ1) is 37.8. The highest BCUT2D eigenvalue weighted by atomic mass is 16.3. The van der Waals surface area contributed by atoms with Gasteiger partial charge in [0.1, 0.15) is 22.3 Å². The first-order valence-electron chi connectivity index (χ1n) is 28.9. The minimum atomic E-state index is -0.160. The summed E-state index contributed by atoms with van der Waals surface area (Å²) in [4.78, 5) is 5.30. The van der Waals surface area contributed by atoms with Crippen LogP contribution in [0.15, 0.2) is 179 Å². The molecule has 0 N–H and O–H groups in total. The summed E-state index contributed by atoms with van der Waals surface area (Å²) in [5.74, 6) is 0. The van der Waals surface area contributed by atoms with E-state index in [1.165, 1.54) is 67.0 Å². The summed E-state index contributed by atoms with van der Waals surface area (Å²) in [6.45, 7) is 27.0. The molecule has 0 fully saturated rings. The third-order valence-corrected chi connectivity index (χ3v) is 19.6. The first kappa shape index (κ1) is 48.4. The molecule has 2 aliphatic heterocycles. The highest BCUT2D eigenvalue weighted by Gasteiger charge is 2.49. The van der Waals surface area contributed by atoms with Gasteiger partial charge in [-0.2, -0.15) is 0 Å². The lowest BCUT2D eigenvalue weighted by Gasteiger charge is -2.49. The number of nitrogens with zero attached hydrogens (tertiary/aromatic N) is 2. The maximum Gasteiger partial charge on any atom is 0.252 e. The van der Waals surface area contributed by atoms with Gasteiger partial charge in [0.05, 0.1) is 0 Å². The van der Waals surface area contributed by atoms with Gasteiger partial charge in [-0.3, -0.25) is 0 Å². The Bertz CT molecular complexity index is 4100. The van der Waals surface area contributed by atoms with Gasteiger partial charge in [0.2, 0.25) is 0 Å². The number of anilines is 6. The highest BCUT2D eigenvalue weighted by molar-refractivity contribution is 7.00. The summed E-state index contributed by atoms with van der Waals surface area (Å²) in [6.07, 6.45) is 4.59. The zero-order valence-electron chi connectivity index (χ0n) is 47.8. The van der Waals surface area contributed by atoms with Crippen LogP contribution in [-0.4, -0.2) is 6.71 Å². The lowest BCUT2D eigenvalue weighted by molar-refractivity contribution is 0.332. The average molecular weight is 1030 g/mol. The van der Waals surface area contributed by atoms with E-state index >= 15 is 0 Å². The van der Waals surface area contributed by atoms with Crippen molar-refractivity contribution in [2.24, 2.45) is 0 Å². The molecule has 390 valence electrons. The van der Waals surface area contributed by atoms with E-state index in [2.05, 4.69) is 256 Å². The number of hydrogen-bond donors (Lipinski definition) is 0. The average Bonchev–Trinajstić information content (AvgIpc) is 3.42. The van der Waals surface area contributed by atoms with E-state index in [9.17, 15) is 0 Å². The number of benzene rings is 9. The number of rotatable bonds is 4. The Morgan fingerprint density at radius 3 is 1.15 bits per heavy atom. The van der Waals surface area contributed by atoms with Gasteiger partial charge in [-0.15, -0.1) is 0 Å². The molecule has 5 heteroatoms. The van der Waals surface area contributed by atoms with Crippen LogP contribution < -0.4 is 26.2 Å². The van der Waals surface area contributed by atoms with Crippen molar-refractivity contribution in [1.29, 1.82) is 0 Å². The maximum atomic E-state index is 6.63. The topological polar surface area (TPSA) is 32.8 Å². The molecule has 0 saturated carbocycles. The molecule has 9 aromatic carbocycles. The summed E-state index contributed by atoms with van der Waals surface area (Å²) in [5, 5.41) is 4.58. The van der Waals surface area contributed by atoms with Gasteiger partial charge < -0.3 is 18.6 Å². The van der Waals surface area contributed by atoms with Crippen LogP contribution in [0, 0.1) is 0 Å². The van der Waals surface area contributed by atoms with Gasteiger partial charge >= 0.3 is 0 Å². The van der Waals surface area contributed by atoms with E-state index in [-0.39, 0.29) is 33.8 Å². The van der Waals surface area contributed by atoms with E-state index in [4.69, 9.17) is 8.83 Å². The Morgan fingerprint density at radius 1 is 0.392 bits per heavy atom. The predicted octanol–water partition coefficient (Wildman–Crippen LogP) is 18.9. The summed E-state index contributed by atoms with van der Waals surface area (Å²) in [7, 11) is 0.